The molecule has 28 heavy (non-hydrogen) atoms. The molecule has 0 spiro atoms. The summed E-state index contributed by atoms with van der Waals surface area (Å²) < 4.78 is 44.2. The summed E-state index contributed by atoms with van der Waals surface area (Å²) in [6.07, 6.45) is -0.383. The Morgan fingerprint density at radius 1 is 1.14 bits per heavy atom. The SMILES string of the molecule is COC(=O)C[C@H]1CC[C@@H](CNC(=O)c2ccccc2C(F)(F)F)N1CC1CC1. The molecule has 1 aromatic rings. The minimum atomic E-state index is -4.58. The molecule has 0 unspecified atom stereocenters. The zero-order valence-corrected chi connectivity index (χ0v) is 15.8. The predicted molar refractivity (Wildman–Crippen MR) is 96.7 cm³/mol. The number of benzene rings is 1. The van der Waals surface area contributed by atoms with Gasteiger partial charge in [-0.05, 0) is 43.7 Å². The highest BCUT2D eigenvalue weighted by atomic mass is 19.4. The molecule has 1 saturated heterocycles. The Bertz CT molecular complexity index is 719. The lowest BCUT2D eigenvalue weighted by molar-refractivity contribution is -0.142. The first-order valence-electron chi connectivity index (χ1n) is 9.56. The van der Waals surface area contributed by atoms with Crippen molar-refractivity contribution in [1.82, 2.24) is 10.2 Å². The van der Waals surface area contributed by atoms with Gasteiger partial charge in [-0.25, -0.2) is 0 Å². The van der Waals surface area contributed by atoms with Crippen molar-refractivity contribution in [2.45, 2.75) is 50.4 Å². The number of nitrogens with zero attached hydrogens (tertiary/aromatic N) is 1. The number of likely N-dealkylation sites (tertiary alicyclic amines) is 1. The number of esters is 1. The minimum absolute atomic E-state index is 0.0113. The molecule has 2 atom stereocenters. The number of alkyl halides is 3. The molecule has 0 bridgehead atoms. The molecule has 0 aromatic heterocycles. The van der Waals surface area contributed by atoms with Crippen LogP contribution in [0.5, 0.6) is 0 Å². The van der Waals surface area contributed by atoms with Crippen molar-refractivity contribution < 1.29 is 27.5 Å². The van der Waals surface area contributed by atoms with Crippen molar-refractivity contribution in [3.8, 4) is 0 Å². The summed E-state index contributed by atoms with van der Waals surface area (Å²) in [6.45, 7) is 1.11. The van der Waals surface area contributed by atoms with Crippen LogP contribution in [0.1, 0.15) is 48.0 Å². The van der Waals surface area contributed by atoms with E-state index in [1.807, 2.05) is 0 Å². The Labute approximate surface area is 162 Å². The Balaban J connectivity index is 1.64. The fraction of sp³-hybridized carbons (Fsp3) is 0.600. The van der Waals surface area contributed by atoms with Crippen LogP contribution in [0.3, 0.4) is 0 Å². The van der Waals surface area contributed by atoms with Crippen molar-refractivity contribution in [3.05, 3.63) is 35.4 Å². The van der Waals surface area contributed by atoms with Crippen molar-refractivity contribution in [2.24, 2.45) is 5.92 Å². The molecule has 5 nitrogen and oxygen atoms in total. The zero-order chi connectivity index (χ0) is 20.3. The van der Waals surface area contributed by atoms with Crippen LogP contribution in [0.15, 0.2) is 24.3 Å². The molecule has 2 fully saturated rings. The number of hydrogen-bond donors (Lipinski definition) is 1. The van der Waals surface area contributed by atoms with Gasteiger partial charge in [-0.2, -0.15) is 13.2 Å². The number of amides is 1. The highest BCUT2D eigenvalue weighted by molar-refractivity contribution is 5.95. The van der Waals surface area contributed by atoms with E-state index in [0.717, 1.165) is 38.3 Å². The van der Waals surface area contributed by atoms with Crippen LogP contribution in [0.25, 0.3) is 0 Å². The van der Waals surface area contributed by atoms with Gasteiger partial charge in [-0.15, -0.1) is 0 Å². The van der Waals surface area contributed by atoms with Crippen molar-refractivity contribution in [2.75, 3.05) is 20.2 Å². The molecule has 1 N–H and O–H groups in total. The Morgan fingerprint density at radius 2 is 1.82 bits per heavy atom. The van der Waals surface area contributed by atoms with Gasteiger partial charge in [0, 0.05) is 25.2 Å². The van der Waals surface area contributed by atoms with Gasteiger partial charge in [0.1, 0.15) is 0 Å². The van der Waals surface area contributed by atoms with E-state index in [4.69, 9.17) is 4.74 Å². The van der Waals surface area contributed by atoms with E-state index in [1.165, 1.54) is 25.3 Å². The lowest BCUT2D eigenvalue weighted by Crippen LogP contribution is -2.45. The van der Waals surface area contributed by atoms with E-state index < -0.39 is 17.6 Å². The maximum atomic E-state index is 13.1. The molecule has 3 rings (SSSR count). The second-order valence-corrected chi connectivity index (χ2v) is 7.56. The molecular formula is C20H25F3N2O3. The van der Waals surface area contributed by atoms with Crippen molar-refractivity contribution in [3.63, 3.8) is 0 Å². The normalized spacial score (nSPS) is 22.9. The molecule has 1 aliphatic heterocycles. The fourth-order valence-electron chi connectivity index (χ4n) is 3.86. The minimum Gasteiger partial charge on any atom is -0.469 e. The third-order valence-electron chi connectivity index (χ3n) is 5.54. The summed E-state index contributed by atoms with van der Waals surface area (Å²) in [5.74, 6) is -0.396. The number of rotatable bonds is 7. The smallest absolute Gasteiger partial charge is 0.417 e. The largest absolute Gasteiger partial charge is 0.469 e. The van der Waals surface area contributed by atoms with Crippen LogP contribution < -0.4 is 5.32 Å². The van der Waals surface area contributed by atoms with E-state index in [-0.39, 0.29) is 30.2 Å². The number of hydrogen-bond acceptors (Lipinski definition) is 4. The highest BCUT2D eigenvalue weighted by Gasteiger charge is 2.39. The van der Waals surface area contributed by atoms with Crippen molar-refractivity contribution >= 4 is 11.9 Å². The Kier molecular flexibility index (Phi) is 6.27. The maximum absolute atomic E-state index is 13.1. The third-order valence-corrected chi connectivity index (χ3v) is 5.54. The van der Waals surface area contributed by atoms with E-state index in [9.17, 15) is 22.8 Å². The average Bonchev–Trinajstić information content (AvgIpc) is 3.41. The zero-order valence-electron chi connectivity index (χ0n) is 15.8. The fourth-order valence-corrected chi connectivity index (χ4v) is 3.86. The van der Waals surface area contributed by atoms with Gasteiger partial charge in [-0.3, -0.25) is 14.5 Å². The van der Waals surface area contributed by atoms with Gasteiger partial charge in [0.05, 0.1) is 24.7 Å². The first kappa shape index (κ1) is 20.6. The van der Waals surface area contributed by atoms with Gasteiger partial charge < -0.3 is 10.1 Å². The van der Waals surface area contributed by atoms with Crippen LogP contribution in [0, 0.1) is 5.92 Å². The number of methoxy groups -OCH3 is 1. The second kappa shape index (κ2) is 8.51. The highest BCUT2D eigenvalue weighted by Crippen LogP contribution is 2.35. The Hall–Kier alpha value is -2.09. The van der Waals surface area contributed by atoms with E-state index in [1.54, 1.807) is 0 Å². The quantitative estimate of drug-likeness (QED) is 0.717. The summed E-state index contributed by atoms with van der Waals surface area (Å²) in [6, 6.07) is 4.86. The van der Waals surface area contributed by atoms with Gasteiger partial charge in [-0.1, -0.05) is 12.1 Å². The van der Waals surface area contributed by atoms with Crippen LogP contribution in [0.2, 0.25) is 0 Å². The number of halogens is 3. The standard InChI is InChI=1S/C20H25F3N2O3/c1-28-18(26)10-14-8-9-15(25(14)12-13-6-7-13)11-24-19(27)16-4-2-3-5-17(16)20(21,22)23/h2-5,13-15H,6-12H2,1H3,(H,24,27)/t14-,15+/m1/s1. The van der Waals surface area contributed by atoms with E-state index in [0.29, 0.717) is 12.3 Å². The molecule has 8 heteroatoms. The van der Waals surface area contributed by atoms with E-state index >= 15 is 0 Å². The number of carbonyl (C=O) groups is 2. The summed E-state index contributed by atoms with van der Waals surface area (Å²) in [4.78, 5) is 26.3. The van der Waals surface area contributed by atoms with E-state index in [2.05, 4.69) is 10.2 Å². The monoisotopic (exact) mass is 398 g/mol. The summed E-state index contributed by atoms with van der Waals surface area (Å²) >= 11 is 0. The van der Waals surface area contributed by atoms with Gasteiger partial charge >= 0.3 is 12.1 Å². The molecule has 1 amide bonds. The summed E-state index contributed by atoms with van der Waals surface area (Å²) in [5.41, 5.74) is -1.30. The molecule has 154 valence electrons. The van der Waals surface area contributed by atoms with Gasteiger partial charge in [0.2, 0.25) is 0 Å². The van der Waals surface area contributed by atoms with Gasteiger partial charge in [0.15, 0.2) is 0 Å². The first-order chi connectivity index (χ1) is 13.3. The second-order valence-electron chi connectivity index (χ2n) is 7.56. The number of nitrogens with one attached hydrogen (secondary N) is 1. The van der Waals surface area contributed by atoms with Crippen LogP contribution >= 0.6 is 0 Å². The molecular weight excluding hydrogens is 373 g/mol. The maximum Gasteiger partial charge on any atom is 0.417 e. The van der Waals surface area contributed by atoms with Crippen molar-refractivity contribution in [1.29, 1.82) is 0 Å². The van der Waals surface area contributed by atoms with Crippen LogP contribution in [-0.4, -0.2) is 49.1 Å². The Morgan fingerprint density at radius 3 is 2.46 bits per heavy atom. The molecule has 1 aliphatic carbocycles. The van der Waals surface area contributed by atoms with Gasteiger partial charge in [0.25, 0.3) is 5.91 Å². The summed E-state index contributed by atoms with van der Waals surface area (Å²) in [5, 5.41) is 2.67. The topological polar surface area (TPSA) is 58.6 Å². The molecule has 1 saturated carbocycles. The number of carbonyl (C=O) groups excluding carboxylic acids is 2. The lowest BCUT2D eigenvalue weighted by atomic mass is 10.1. The third kappa shape index (κ3) is 5.04. The van der Waals surface area contributed by atoms with Crippen LogP contribution in [-0.2, 0) is 15.7 Å². The first-order valence-corrected chi connectivity index (χ1v) is 9.56. The summed E-state index contributed by atoms with van der Waals surface area (Å²) in [7, 11) is 1.36. The number of ether oxygens (including phenoxy) is 1. The molecule has 1 aromatic carbocycles. The molecule has 2 aliphatic rings. The molecule has 0 radical (unpaired) electrons. The average molecular weight is 398 g/mol. The predicted octanol–water partition coefficient (Wildman–Crippen LogP) is 3.24. The van der Waals surface area contributed by atoms with Crippen LogP contribution in [0.4, 0.5) is 13.2 Å². The molecule has 1 heterocycles. The lowest BCUT2D eigenvalue weighted by Gasteiger charge is -2.30.